The Morgan fingerprint density at radius 3 is 1.35 bits per heavy atom. The van der Waals surface area contributed by atoms with Gasteiger partial charge in [0.2, 0.25) is 0 Å². The highest BCUT2D eigenvalue weighted by Crippen LogP contribution is 2.39. The summed E-state index contributed by atoms with van der Waals surface area (Å²) in [6.45, 7) is 16.7. The lowest BCUT2D eigenvalue weighted by Crippen LogP contribution is -2.41. The third kappa shape index (κ3) is 7.00. The molecule has 0 saturated carbocycles. The summed E-state index contributed by atoms with van der Waals surface area (Å²) in [4.78, 5) is 12.9. The summed E-state index contributed by atoms with van der Waals surface area (Å²) < 4.78 is 26.5. The van der Waals surface area contributed by atoms with Gasteiger partial charge in [-0.05, 0) is 106 Å². The van der Waals surface area contributed by atoms with Crippen LogP contribution < -0.4 is 10.9 Å². The van der Waals surface area contributed by atoms with Crippen molar-refractivity contribution in [1.29, 1.82) is 0 Å². The van der Waals surface area contributed by atoms with E-state index in [4.69, 9.17) is 28.6 Å². The molecule has 5 aromatic rings. The second kappa shape index (κ2) is 13.7. The standard InChI is InChI=1S/C46H49B2N3O4/c1-43(2)44(3,4)53-47(52-43)38-27-34(31-19-13-10-14-20-31)25-36(29-38)41-49-40(33-23-17-12-18-24-33)50-42(51(41)9)37-26-35(32-21-15-11-16-22-32)28-39(30-37)48-54-45(5,6)46(7,8)55-48/h10-30,41H,1-9H3. The maximum absolute atomic E-state index is 6.62. The van der Waals surface area contributed by atoms with Crippen molar-refractivity contribution in [2.45, 2.75) is 84.0 Å². The highest BCUT2D eigenvalue weighted by atomic mass is 16.7. The van der Waals surface area contributed by atoms with Gasteiger partial charge in [-0.3, -0.25) is 0 Å². The predicted molar refractivity (Wildman–Crippen MR) is 225 cm³/mol. The minimum atomic E-state index is -0.551. The van der Waals surface area contributed by atoms with Gasteiger partial charge in [-0.2, -0.15) is 0 Å². The van der Waals surface area contributed by atoms with E-state index in [9.17, 15) is 0 Å². The van der Waals surface area contributed by atoms with Gasteiger partial charge in [-0.15, -0.1) is 0 Å². The first-order valence-corrected chi connectivity index (χ1v) is 19.2. The van der Waals surface area contributed by atoms with Crippen LogP contribution in [0.25, 0.3) is 22.3 Å². The predicted octanol–water partition coefficient (Wildman–Crippen LogP) is 8.46. The zero-order valence-corrected chi connectivity index (χ0v) is 33.3. The van der Waals surface area contributed by atoms with E-state index in [1.807, 2.05) is 30.3 Å². The van der Waals surface area contributed by atoms with Crippen molar-refractivity contribution in [2.75, 3.05) is 7.05 Å². The van der Waals surface area contributed by atoms with Crippen LogP contribution in [0.5, 0.6) is 0 Å². The smallest absolute Gasteiger partial charge is 0.399 e. The molecule has 0 bridgehead atoms. The van der Waals surface area contributed by atoms with Crippen molar-refractivity contribution in [2.24, 2.45) is 9.98 Å². The molecule has 55 heavy (non-hydrogen) atoms. The number of rotatable bonds is 7. The molecule has 0 aliphatic carbocycles. The number of aliphatic imine (C=N–C) groups is 2. The lowest BCUT2D eigenvalue weighted by Gasteiger charge is -2.33. The van der Waals surface area contributed by atoms with Crippen LogP contribution in [0, 0.1) is 0 Å². The molecule has 1 unspecified atom stereocenters. The number of nitrogens with zero attached hydrogens (tertiary/aromatic N) is 3. The summed E-state index contributed by atoms with van der Waals surface area (Å²) in [6.07, 6.45) is -0.423. The van der Waals surface area contributed by atoms with Crippen LogP contribution in [-0.2, 0) is 18.6 Å². The van der Waals surface area contributed by atoms with Gasteiger partial charge in [0.1, 0.15) is 12.0 Å². The molecular formula is C46H49B2N3O4. The van der Waals surface area contributed by atoms with Crippen LogP contribution in [0.4, 0.5) is 0 Å². The summed E-state index contributed by atoms with van der Waals surface area (Å²) in [5, 5.41) is 0. The molecule has 5 aromatic carbocycles. The molecular weight excluding hydrogens is 680 g/mol. The highest BCUT2D eigenvalue weighted by molar-refractivity contribution is 6.62. The molecule has 2 fully saturated rings. The molecule has 0 spiro atoms. The zero-order chi connectivity index (χ0) is 38.8. The normalized spacial score (nSPS) is 21.0. The van der Waals surface area contributed by atoms with Gasteiger partial charge in [0, 0.05) is 18.2 Å². The number of amidine groups is 2. The van der Waals surface area contributed by atoms with Gasteiger partial charge >= 0.3 is 14.2 Å². The molecule has 0 amide bonds. The van der Waals surface area contributed by atoms with Gasteiger partial charge in [-0.1, -0.05) is 115 Å². The molecule has 0 aromatic heterocycles. The van der Waals surface area contributed by atoms with E-state index in [0.717, 1.165) is 55.7 Å². The Kier molecular flexibility index (Phi) is 9.29. The van der Waals surface area contributed by atoms with Gasteiger partial charge < -0.3 is 23.5 Å². The van der Waals surface area contributed by atoms with Crippen LogP contribution in [-0.4, -0.2) is 60.3 Å². The molecule has 8 rings (SSSR count). The molecule has 0 N–H and O–H groups in total. The van der Waals surface area contributed by atoms with E-state index in [1.165, 1.54) is 0 Å². The minimum absolute atomic E-state index is 0.423. The first kappa shape index (κ1) is 37.1. The summed E-state index contributed by atoms with van der Waals surface area (Å²) >= 11 is 0. The third-order valence-electron chi connectivity index (χ3n) is 11.9. The maximum atomic E-state index is 6.62. The SMILES string of the molecule is CN1C(c2cc(B3OC(C)(C)C(C)(C)O3)cc(-c3ccccc3)c2)=NC(c2ccccc2)=NC1c1cc(B2OC(C)(C)C(C)(C)O2)cc(-c2ccccc2)c1. The topological polar surface area (TPSA) is 64.9 Å². The second-order valence-corrected chi connectivity index (χ2v) is 16.9. The molecule has 7 nitrogen and oxygen atoms in total. The van der Waals surface area contributed by atoms with Crippen molar-refractivity contribution in [3.63, 3.8) is 0 Å². The van der Waals surface area contributed by atoms with Gasteiger partial charge in [-0.25, -0.2) is 9.98 Å². The first-order chi connectivity index (χ1) is 26.1. The number of benzene rings is 5. The van der Waals surface area contributed by atoms with Gasteiger partial charge in [0.05, 0.1) is 22.4 Å². The van der Waals surface area contributed by atoms with E-state index in [-0.39, 0.29) is 0 Å². The van der Waals surface area contributed by atoms with Crippen LogP contribution >= 0.6 is 0 Å². The van der Waals surface area contributed by atoms with Crippen molar-refractivity contribution in [3.8, 4) is 22.3 Å². The summed E-state index contributed by atoms with van der Waals surface area (Å²) in [7, 11) is 0.976. The molecule has 2 saturated heterocycles. The Morgan fingerprint density at radius 1 is 0.473 bits per heavy atom. The largest absolute Gasteiger partial charge is 0.494 e. The number of hydrogen-bond acceptors (Lipinski definition) is 7. The van der Waals surface area contributed by atoms with E-state index >= 15 is 0 Å². The average molecular weight is 730 g/mol. The number of hydrogen-bond donors (Lipinski definition) is 0. The van der Waals surface area contributed by atoms with Crippen molar-refractivity contribution in [1.82, 2.24) is 4.90 Å². The minimum Gasteiger partial charge on any atom is -0.399 e. The molecule has 1 atom stereocenters. The quantitative estimate of drug-likeness (QED) is 0.158. The third-order valence-corrected chi connectivity index (χ3v) is 11.9. The van der Waals surface area contributed by atoms with E-state index < -0.39 is 42.8 Å². The zero-order valence-electron chi connectivity index (χ0n) is 33.3. The molecule has 0 radical (unpaired) electrons. The van der Waals surface area contributed by atoms with Crippen LogP contribution in [0.15, 0.2) is 137 Å². The van der Waals surface area contributed by atoms with Crippen LogP contribution in [0.1, 0.15) is 78.2 Å². The summed E-state index contributed by atoms with van der Waals surface area (Å²) in [5.41, 5.74) is 7.10. The average Bonchev–Trinajstić information content (AvgIpc) is 3.54. The summed E-state index contributed by atoms with van der Waals surface area (Å²) in [6, 6.07) is 44.2. The second-order valence-electron chi connectivity index (χ2n) is 16.9. The molecule has 278 valence electrons. The molecule has 3 aliphatic heterocycles. The lowest BCUT2D eigenvalue weighted by molar-refractivity contribution is 0.00578. The van der Waals surface area contributed by atoms with Gasteiger partial charge in [0.15, 0.2) is 5.84 Å². The summed E-state index contributed by atoms with van der Waals surface area (Å²) in [5.74, 6) is 1.44. The van der Waals surface area contributed by atoms with Crippen molar-refractivity contribution in [3.05, 3.63) is 144 Å². The fraction of sp³-hybridized carbons (Fsp3) is 0.304. The Labute approximate surface area is 326 Å². The van der Waals surface area contributed by atoms with E-state index in [1.54, 1.807) is 0 Å². The Balaban J connectivity index is 1.29. The Bertz CT molecular complexity index is 2240. The maximum Gasteiger partial charge on any atom is 0.494 e. The monoisotopic (exact) mass is 729 g/mol. The fourth-order valence-corrected chi connectivity index (χ4v) is 7.25. The Hall–Kier alpha value is -4.79. The van der Waals surface area contributed by atoms with Crippen molar-refractivity contribution >= 4 is 36.8 Å². The first-order valence-electron chi connectivity index (χ1n) is 19.2. The lowest BCUT2D eigenvalue weighted by atomic mass is 9.76. The molecule has 9 heteroatoms. The van der Waals surface area contributed by atoms with E-state index in [0.29, 0.717) is 5.84 Å². The van der Waals surface area contributed by atoms with Crippen molar-refractivity contribution < 1.29 is 18.6 Å². The highest BCUT2D eigenvalue weighted by Gasteiger charge is 2.53. The van der Waals surface area contributed by atoms with Crippen LogP contribution in [0.2, 0.25) is 0 Å². The van der Waals surface area contributed by atoms with E-state index in [2.05, 4.69) is 164 Å². The Morgan fingerprint density at radius 2 is 0.873 bits per heavy atom. The molecule has 3 heterocycles. The fourth-order valence-electron chi connectivity index (χ4n) is 7.25. The van der Waals surface area contributed by atoms with Crippen LogP contribution in [0.3, 0.4) is 0 Å². The molecule has 3 aliphatic rings. The van der Waals surface area contributed by atoms with Gasteiger partial charge in [0.25, 0.3) is 0 Å².